The van der Waals surface area contributed by atoms with Gasteiger partial charge in [-0.1, -0.05) is 0 Å². The molecule has 2 fully saturated rings. The fourth-order valence-corrected chi connectivity index (χ4v) is 3.96. The van der Waals surface area contributed by atoms with Gasteiger partial charge in [0, 0.05) is 32.2 Å². The normalized spacial score (nSPS) is 26.2. The second-order valence-electron chi connectivity index (χ2n) is 7.36. The number of aromatic nitrogens is 5. The van der Waals surface area contributed by atoms with Crippen molar-refractivity contribution >= 4 is 11.7 Å². The molecular weight excluding hydrogens is 346 g/mol. The summed E-state index contributed by atoms with van der Waals surface area (Å²) in [6, 6.07) is 1.89. The fourth-order valence-electron chi connectivity index (χ4n) is 3.96. The minimum atomic E-state index is -0.0129. The van der Waals surface area contributed by atoms with Crippen LogP contribution in [0.5, 0.6) is 0 Å². The van der Waals surface area contributed by atoms with Crippen molar-refractivity contribution < 1.29 is 9.53 Å². The summed E-state index contributed by atoms with van der Waals surface area (Å²) in [5, 5.41) is 4.12. The fraction of sp³-hybridized carbons (Fsp3) is 0.611. The molecule has 9 heteroatoms. The van der Waals surface area contributed by atoms with Crippen LogP contribution < -0.4 is 4.90 Å². The number of carbonyl (C=O) groups excluding carboxylic acids is 1. The highest BCUT2D eigenvalue weighted by Crippen LogP contribution is 2.25. The molecule has 2 aliphatic rings. The number of ether oxygens (including phenoxy) is 1. The SMILES string of the molecule is CC1CN(C(=O)C2CCCN(c3cc(-n4cncn4)ncn3)C2)CC(C)O1. The average Bonchev–Trinajstić information content (AvgIpc) is 3.22. The number of rotatable bonds is 3. The van der Waals surface area contributed by atoms with Crippen molar-refractivity contribution in [2.24, 2.45) is 5.92 Å². The van der Waals surface area contributed by atoms with E-state index in [1.54, 1.807) is 11.0 Å². The van der Waals surface area contributed by atoms with Crippen molar-refractivity contribution in [1.29, 1.82) is 0 Å². The largest absolute Gasteiger partial charge is 0.372 e. The van der Waals surface area contributed by atoms with Gasteiger partial charge in [-0.05, 0) is 26.7 Å². The molecule has 2 aliphatic heterocycles. The molecule has 2 aromatic heterocycles. The number of amides is 1. The Labute approximate surface area is 158 Å². The molecule has 3 atom stereocenters. The van der Waals surface area contributed by atoms with Crippen molar-refractivity contribution in [3.8, 4) is 5.82 Å². The Balaban J connectivity index is 1.47. The first-order chi connectivity index (χ1) is 13.1. The molecule has 0 radical (unpaired) electrons. The Morgan fingerprint density at radius 2 is 1.89 bits per heavy atom. The third-order valence-corrected chi connectivity index (χ3v) is 5.12. The van der Waals surface area contributed by atoms with E-state index in [0.717, 1.165) is 25.2 Å². The van der Waals surface area contributed by atoms with Gasteiger partial charge in [-0.15, -0.1) is 0 Å². The molecule has 0 bridgehead atoms. The summed E-state index contributed by atoms with van der Waals surface area (Å²) in [7, 11) is 0. The lowest BCUT2D eigenvalue weighted by molar-refractivity contribution is -0.147. The summed E-state index contributed by atoms with van der Waals surface area (Å²) in [5.41, 5.74) is 0. The Morgan fingerprint density at radius 3 is 2.63 bits per heavy atom. The maximum Gasteiger partial charge on any atom is 0.227 e. The van der Waals surface area contributed by atoms with E-state index in [1.165, 1.54) is 12.7 Å². The number of nitrogens with zero attached hydrogens (tertiary/aromatic N) is 7. The summed E-state index contributed by atoms with van der Waals surface area (Å²) in [4.78, 5) is 29.8. The topological polar surface area (TPSA) is 89.3 Å². The number of hydrogen-bond acceptors (Lipinski definition) is 7. The quantitative estimate of drug-likeness (QED) is 0.792. The minimum absolute atomic E-state index is 0.0129. The third-order valence-electron chi connectivity index (χ3n) is 5.12. The molecule has 2 aromatic rings. The number of piperidine rings is 1. The zero-order valence-electron chi connectivity index (χ0n) is 15.7. The molecular formula is C18H25N7O2. The van der Waals surface area contributed by atoms with Crippen LogP contribution in [0.25, 0.3) is 5.82 Å². The number of anilines is 1. The standard InChI is InChI=1S/C18H25N7O2/c1-13-7-24(8-14(2)27-13)18(26)15-4-3-5-23(9-15)16-6-17(21-11-20-16)25-12-19-10-22-25/h6,10-15H,3-5,7-9H2,1-2H3. The van der Waals surface area contributed by atoms with Crippen LogP contribution in [-0.4, -0.2) is 73.9 Å². The van der Waals surface area contributed by atoms with Crippen LogP contribution in [0, 0.1) is 5.92 Å². The van der Waals surface area contributed by atoms with Gasteiger partial charge in [-0.2, -0.15) is 5.10 Å². The van der Waals surface area contributed by atoms with E-state index in [0.29, 0.717) is 25.5 Å². The highest BCUT2D eigenvalue weighted by Gasteiger charge is 2.33. The van der Waals surface area contributed by atoms with Crippen molar-refractivity contribution in [2.45, 2.75) is 38.9 Å². The first kappa shape index (κ1) is 17.8. The van der Waals surface area contributed by atoms with Crippen molar-refractivity contribution in [3.05, 3.63) is 25.0 Å². The van der Waals surface area contributed by atoms with Crippen molar-refractivity contribution in [1.82, 2.24) is 29.6 Å². The Kier molecular flexibility index (Phi) is 5.02. The molecule has 4 heterocycles. The molecule has 0 N–H and O–H groups in total. The van der Waals surface area contributed by atoms with Gasteiger partial charge in [0.25, 0.3) is 0 Å². The Bertz CT molecular complexity index is 772. The maximum absolute atomic E-state index is 13.1. The van der Waals surface area contributed by atoms with Gasteiger partial charge in [-0.3, -0.25) is 4.79 Å². The van der Waals surface area contributed by atoms with Crippen LogP contribution in [0.2, 0.25) is 0 Å². The highest BCUT2D eigenvalue weighted by atomic mass is 16.5. The highest BCUT2D eigenvalue weighted by molar-refractivity contribution is 5.80. The zero-order chi connectivity index (χ0) is 18.8. The molecule has 3 unspecified atom stereocenters. The predicted octanol–water partition coefficient (Wildman–Crippen LogP) is 0.909. The summed E-state index contributed by atoms with van der Waals surface area (Å²) >= 11 is 0. The van der Waals surface area contributed by atoms with Gasteiger partial charge in [0.15, 0.2) is 5.82 Å². The molecule has 2 saturated heterocycles. The lowest BCUT2D eigenvalue weighted by atomic mass is 9.96. The first-order valence-electron chi connectivity index (χ1n) is 9.46. The second kappa shape index (κ2) is 7.59. The summed E-state index contributed by atoms with van der Waals surface area (Å²) in [5.74, 6) is 1.70. The van der Waals surface area contributed by atoms with Crippen molar-refractivity contribution in [3.63, 3.8) is 0 Å². The molecule has 144 valence electrons. The lowest BCUT2D eigenvalue weighted by Gasteiger charge is -2.39. The van der Waals surface area contributed by atoms with Crippen LogP contribution in [0.15, 0.2) is 25.0 Å². The smallest absolute Gasteiger partial charge is 0.227 e. The van der Waals surface area contributed by atoms with E-state index in [2.05, 4.69) is 25.0 Å². The van der Waals surface area contributed by atoms with Crippen LogP contribution in [0.3, 0.4) is 0 Å². The van der Waals surface area contributed by atoms with Gasteiger partial charge in [0.1, 0.15) is 24.8 Å². The molecule has 27 heavy (non-hydrogen) atoms. The van der Waals surface area contributed by atoms with E-state index in [-0.39, 0.29) is 24.0 Å². The van der Waals surface area contributed by atoms with Crippen LogP contribution in [-0.2, 0) is 9.53 Å². The van der Waals surface area contributed by atoms with E-state index < -0.39 is 0 Å². The molecule has 0 aliphatic carbocycles. The summed E-state index contributed by atoms with van der Waals surface area (Å²) < 4.78 is 7.36. The molecule has 4 rings (SSSR count). The molecule has 0 aromatic carbocycles. The van der Waals surface area contributed by atoms with Gasteiger partial charge in [0.2, 0.25) is 5.91 Å². The van der Waals surface area contributed by atoms with Crippen LogP contribution in [0.4, 0.5) is 5.82 Å². The second-order valence-corrected chi connectivity index (χ2v) is 7.36. The number of carbonyl (C=O) groups is 1. The van der Waals surface area contributed by atoms with E-state index in [4.69, 9.17) is 4.74 Å². The minimum Gasteiger partial charge on any atom is -0.372 e. The Hall–Kier alpha value is -2.55. The monoisotopic (exact) mass is 371 g/mol. The Morgan fingerprint density at radius 1 is 1.11 bits per heavy atom. The van der Waals surface area contributed by atoms with Gasteiger partial charge in [0.05, 0.1) is 18.1 Å². The zero-order valence-corrected chi connectivity index (χ0v) is 15.7. The molecule has 0 saturated carbocycles. The van der Waals surface area contributed by atoms with Gasteiger partial charge < -0.3 is 14.5 Å². The van der Waals surface area contributed by atoms with Crippen molar-refractivity contribution in [2.75, 3.05) is 31.1 Å². The van der Waals surface area contributed by atoms with E-state index in [9.17, 15) is 4.79 Å². The van der Waals surface area contributed by atoms with E-state index in [1.807, 2.05) is 24.8 Å². The predicted molar refractivity (Wildman–Crippen MR) is 98.5 cm³/mol. The number of morpholine rings is 1. The van der Waals surface area contributed by atoms with Crippen LogP contribution in [0.1, 0.15) is 26.7 Å². The summed E-state index contributed by atoms with van der Waals surface area (Å²) in [6.45, 7) is 6.94. The third kappa shape index (κ3) is 3.92. The summed E-state index contributed by atoms with van der Waals surface area (Å²) in [6.07, 6.45) is 6.67. The molecule has 9 nitrogen and oxygen atoms in total. The van der Waals surface area contributed by atoms with Crippen LogP contribution >= 0.6 is 0 Å². The van der Waals surface area contributed by atoms with Gasteiger partial charge >= 0.3 is 0 Å². The maximum atomic E-state index is 13.1. The van der Waals surface area contributed by atoms with E-state index >= 15 is 0 Å². The lowest BCUT2D eigenvalue weighted by Crippen LogP contribution is -2.52. The number of hydrogen-bond donors (Lipinski definition) is 0. The first-order valence-corrected chi connectivity index (χ1v) is 9.46. The molecule has 1 amide bonds. The average molecular weight is 371 g/mol. The van der Waals surface area contributed by atoms with Gasteiger partial charge in [-0.25, -0.2) is 19.6 Å². The molecule has 0 spiro atoms.